The summed E-state index contributed by atoms with van der Waals surface area (Å²) in [5.74, 6) is 0. The van der Waals surface area contributed by atoms with Crippen molar-refractivity contribution in [3.05, 3.63) is 18.0 Å². The zero-order valence-electron chi connectivity index (χ0n) is 13.1. The third-order valence-electron chi connectivity index (χ3n) is 3.82. The normalized spacial score (nSPS) is 14.9. The van der Waals surface area contributed by atoms with Gasteiger partial charge in [-0.25, -0.2) is 13.1 Å². The van der Waals surface area contributed by atoms with Crippen molar-refractivity contribution in [3.63, 3.8) is 0 Å². The topological polar surface area (TPSA) is 87.8 Å². The Morgan fingerprint density at radius 2 is 2.14 bits per heavy atom. The van der Waals surface area contributed by atoms with Crippen molar-refractivity contribution >= 4 is 10.0 Å². The van der Waals surface area contributed by atoms with E-state index in [9.17, 15) is 8.42 Å². The molecule has 1 aromatic heterocycles. The van der Waals surface area contributed by atoms with Crippen LogP contribution in [-0.2, 0) is 22.0 Å². The lowest BCUT2D eigenvalue weighted by Gasteiger charge is -2.31. The molecule has 0 aliphatic heterocycles. The van der Waals surface area contributed by atoms with Crippen LogP contribution in [0.15, 0.2) is 12.4 Å². The van der Waals surface area contributed by atoms with Crippen LogP contribution in [0, 0.1) is 11.3 Å². The average Bonchev–Trinajstić information content (AvgIpc) is 2.93. The molecule has 21 heavy (non-hydrogen) atoms. The van der Waals surface area contributed by atoms with Crippen molar-refractivity contribution in [1.82, 2.24) is 14.5 Å². The third-order valence-corrected chi connectivity index (χ3v) is 5.61. The number of sulfonamides is 1. The molecule has 7 heteroatoms. The Morgan fingerprint density at radius 3 is 2.57 bits per heavy atom. The fourth-order valence-corrected chi connectivity index (χ4v) is 2.79. The predicted molar refractivity (Wildman–Crippen MR) is 82.2 cm³/mol. The van der Waals surface area contributed by atoms with Gasteiger partial charge in [-0.2, -0.15) is 10.4 Å². The minimum Gasteiger partial charge on any atom is -0.264 e. The smallest absolute Gasteiger partial charge is 0.214 e. The van der Waals surface area contributed by atoms with E-state index in [1.54, 1.807) is 24.7 Å². The Labute approximate surface area is 127 Å². The van der Waals surface area contributed by atoms with E-state index in [0.717, 1.165) is 12.0 Å². The standard InChI is InChI=1S/C14H24N4O2S/c1-5-13-9-16-18(10-13)14(6-2,7-8-15)11-17-21(19,20)12(3)4/h9-10,12,17H,5-7,11H2,1-4H3. The van der Waals surface area contributed by atoms with E-state index in [-0.39, 0.29) is 13.0 Å². The van der Waals surface area contributed by atoms with Crippen molar-refractivity contribution in [2.45, 2.75) is 57.7 Å². The van der Waals surface area contributed by atoms with Gasteiger partial charge in [-0.15, -0.1) is 0 Å². The van der Waals surface area contributed by atoms with Crippen molar-refractivity contribution in [2.75, 3.05) is 6.54 Å². The molecule has 0 aliphatic rings. The first-order valence-corrected chi connectivity index (χ1v) is 8.75. The molecule has 1 rings (SSSR count). The Hall–Kier alpha value is -1.39. The predicted octanol–water partition coefficient (Wildman–Crippen LogP) is 1.79. The molecule has 0 aromatic carbocycles. The molecule has 0 fully saturated rings. The SMILES string of the molecule is CCc1cnn(C(CC)(CC#N)CNS(=O)(=O)C(C)C)c1. The van der Waals surface area contributed by atoms with Gasteiger partial charge in [-0.05, 0) is 32.3 Å². The number of nitrogens with zero attached hydrogens (tertiary/aromatic N) is 3. The van der Waals surface area contributed by atoms with E-state index < -0.39 is 20.8 Å². The van der Waals surface area contributed by atoms with Crippen LogP contribution in [0.2, 0.25) is 0 Å². The Morgan fingerprint density at radius 1 is 1.48 bits per heavy atom. The Balaban J connectivity index is 3.07. The van der Waals surface area contributed by atoms with E-state index in [1.807, 2.05) is 20.0 Å². The summed E-state index contributed by atoms with van der Waals surface area (Å²) < 4.78 is 28.3. The highest BCUT2D eigenvalue weighted by Gasteiger charge is 2.33. The highest BCUT2D eigenvalue weighted by atomic mass is 32.2. The second-order valence-corrected chi connectivity index (χ2v) is 7.80. The molecular formula is C14H24N4O2S. The number of aromatic nitrogens is 2. The lowest BCUT2D eigenvalue weighted by atomic mass is 9.93. The van der Waals surface area contributed by atoms with Gasteiger partial charge in [0, 0.05) is 12.7 Å². The first-order chi connectivity index (χ1) is 9.81. The van der Waals surface area contributed by atoms with Crippen LogP contribution in [-0.4, -0.2) is 30.0 Å². The fraction of sp³-hybridized carbons (Fsp3) is 0.714. The van der Waals surface area contributed by atoms with Gasteiger partial charge in [0.25, 0.3) is 0 Å². The van der Waals surface area contributed by atoms with E-state index in [1.165, 1.54) is 0 Å². The summed E-state index contributed by atoms with van der Waals surface area (Å²) in [7, 11) is -3.37. The van der Waals surface area contributed by atoms with Crippen LogP contribution in [0.5, 0.6) is 0 Å². The van der Waals surface area contributed by atoms with Crippen molar-refractivity contribution in [1.29, 1.82) is 5.26 Å². The van der Waals surface area contributed by atoms with Crippen LogP contribution in [0.1, 0.15) is 46.1 Å². The first kappa shape index (κ1) is 17.7. The zero-order valence-corrected chi connectivity index (χ0v) is 13.9. The maximum Gasteiger partial charge on any atom is 0.214 e. The van der Waals surface area contributed by atoms with Gasteiger partial charge in [-0.3, -0.25) is 4.68 Å². The summed E-state index contributed by atoms with van der Waals surface area (Å²) in [4.78, 5) is 0. The van der Waals surface area contributed by atoms with Crippen molar-refractivity contribution < 1.29 is 8.42 Å². The molecule has 1 unspecified atom stereocenters. The number of nitrogens with one attached hydrogen (secondary N) is 1. The number of hydrogen-bond acceptors (Lipinski definition) is 4. The molecule has 0 spiro atoms. The number of hydrogen-bond donors (Lipinski definition) is 1. The van der Waals surface area contributed by atoms with Crippen molar-refractivity contribution in [2.24, 2.45) is 0 Å². The molecule has 1 aromatic rings. The molecule has 1 atom stereocenters. The van der Waals surface area contributed by atoms with Gasteiger partial charge in [0.05, 0.1) is 29.5 Å². The summed E-state index contributed by atoms with van der Waals surface area (Å²) >= 11 is 0. The Kier molecular flexibility index (Phi) is 5.93. The van der Waals surface area contributed by atoms with E-state index >= 15 is 0 Å². The van der Waals surface area contributed by atoms with E-state index in [0.29, 0.717) is 6.42 Å². The summed E-state index contributed by atoms with van der Waals surface area (Å²) in [5.41, 5.74) is 0.418. The van der Waals surface area contributed by atoms with Gasteiger partial charge in [-0.1, -0.05) is 13.8 Å². The molecule has 0 saturated heterocycles. The minimum atomic E-state index is -3.37. The average molecular weight is 312 g/mol. The van der Waals surface area contributed by atoms with Gasteiger partial charge in [0.2, 0.25) is 10.0 Å². The molecule has 0 bridgehead atoms. The van der Waals surface area contributed by atoms with Crippen LogP contribution in [0.4, 0.5) is 0 Å². The molecular weight excluding hydrogens is 288 g/mol. The minimum absolute atomic E-state index is 0.169. The fourth-order valence-electron chi connectivity index (χ4n) is 1.99. The first-order valence-electron chi connectivity index (χ1n) is 7.20. The largest absolute Gasteiger partial charge is 0.264 e. The van der Waals surface area contributed by atoms with Gasteiger partial charge in [0.1, 0.15) is 0 Å². The zero-order chi connectivity index (χ0) is 16.1. The summed E-state index contributed by atoms with van der Waals surface area (Å²) in [6.07, 6.45) is 5.33. The molecule has 6 nitrogen and oxygen atoms in total. The van der Waals surface area contributed by atoms with Crippen LogP contribution < -0.4 is 4.72 Å². The second-order valence-electron chi connectivity index (χ2n) is 5.47. The molecule has 118 valence electrons. The highest BCUT2D eigenvalue weighted by molar-refractivity contribution is 7.90. The molecule has 0 amide bonds. The van der Waals surface area contributed by atoms with Crippen LogP contribution in [0.3, 0.4) is 0 Å². The van der Waals surface area contributed by atoms with E-state index in [2.05, 4.69) is 15.9 Å². The molecule has 0 radical (unpaired) electrons. The van der Waals surface area contributed by atoms with Gasteiger partial charge < -0.3 is 0 Å². The number of aryl methyl sites for hydroxylation is 1. The maximum atomic E-state index is 12.0. The monoisotopic (exact) mass is 312 g/mol. The highest BCUT2D eigenvalue weighted by Crippen LogP contribution is 2.25. The lowest BCUT2D eigenvalue weighted by molar-refractivity contribution is 0.251. The number of nitriles is 1. The quantitative estimate of drug-likeness (QED) is 0.792. The van der Waals surface area contributed by atoms with Gasteiger partial charge >= 0.3 is 0 Å². The Bertz CT molecular complexity index is 601. The maximum absolute atomic E-state index is 12.0. The van der Waals surface area contributed by atoms with Crippen LogP contribution >= 0.6 is 0 Å². The summed E-state index contributed by atoms with van der Waals surface area (Å²) in [6.45, 7) is 7.39. The number of rotatable bonds is 8. The summed E-state index contributed by atoms with van der Waals surface area (Å²) in [6, 6.07) is 2.16. The summed E-state index contributed by atoms with van der Waals surface area (Å²) in [5, 5.41) is 13.0. The van der Waals surface area contributed by atoms with E-state index in [4.69, 9.17) is 5.26 Å². The van der Waals surface area contributed by atoms with Crippen LogP contribution in [0.25, 0.3) is 0 Å². The third kappa shape index (κ3) is 4.05. The molecule has 0 saturated carbocycles. The second kappa shape index (κ2) is 7.05. The molecule has 1 heterocycles. The van der Waals surface area contributed by atoms with Crippen molar-refractivity contribution in [3.8, 4) is 6.07 Å². The van der Waals surface area contributed by atoms with Gasteiger partial charge in [0.15, 0.2) is 0 Å². The lowest BCUT2D eigenvalue weighted by Crippen LogP contribution is -2.46. The molecule has 1 N–H and O–H groups in total. The molecule has 0 aliphatic carbocycles.